The normalized spacial score (nSPS) is 10.9. The van der Waals surface area contributed by atoms with Gasteiger partial charge in [-0.1, -0.05) is 11.8 Å². The van der Waals surface area contributed by atoms with Crippen molar-refractivity contribution in [2.75, 3.05) is 0 Å². The number of pyridine rings is 1. The molecule has 0 unspecified atom stereocenters. The van der Waals surface area contributed by atoms with Gasteiger partial charge in [0.25, 0.3) is 0 Å². The van der Waals surface area contributed by atoms with Crippen LogP contribution in [0.1, 0.15) is 18.3 Å². The molecule has 0 bridgehead atoms. The summed E-state index contributed by atoms with van der Waals surface area (Å²) >= 11 is 8.83. The zero-order chi connectivity index (χ0) is 13.1. The zero-order valence-corrected chi connectivity index (χ0v) is 14.1. The highest BCUT2D eigenvalue weighted by Gasteiger charge is 2.13. The third-order valence-electron chi connectivity index (χ3n) is 2.52. The van der Waals surface area contributed by atoms with Crippen LogP contribution in [0.4, 0.5) is 0 Å². The van der Waals surface area contributed by atoms with Crippen molar-refractivity contribution in [3.05, 3.63) is 38.7 Å². The molecule has 0 aliphatic heterocycles. The number of nitrogens with zero attached hydrogens (tertiary/aromatic N) is 3. The fraction of sp³-hybridized carbons (Fsp3) is 0.333. The van der Waals surface area contributed by atoms with Crippen molar-refractivity contribution in [3.63, 3.8) is 0 Å². The van der Waals surface area contributed by atoms with Crippen LogP contribution < -0.4 is 0 Å². The second-order valence-corrected chi connectivity index (χ2v) is 6.35. The van der Waals surface area contributed by atoms with Crippen LogP contribution in [0.25, 0.3) is 0 Å². The molecule has 2 aromatic heterocycles. The van der Waals surface area contributed by atoms with Crippen molar-refractivity contribution in [2.24, 2.45) is 0 Å². The Balaban J connectivity index is 2.18. The van der Waals surface area contributed by atoms with Crippen molar-refractivity contribution in [1.29, 1.82) is 0 Å². The van der Waals surface area contributed by atoms with E-state index in [1.807, 2.05) is 29.9 Å². The number of aromatic nitrogens is 3. The minimum atomic E-state index is 0.852. The minimum Gasteiger partial charge on any atom is -0.268 e. The summed E-state index contributed by atoms with van der Waals surface area (Å²) in [6, 6.07) is 3.93. The van der Waals surface area contributed by atoms with Crippen LogP contribution in [0, 0.1) is 6.92 Å². The van der Waals surface area contributed by atoms with Gasteiger partial charge in [-0.2, -0.15) is 5.10 Å². The highest BCUT2D eigenvalue weighted by atomic mass is 79.9. The molecule has 0 aliphatic carbocycles. The smallest absolute Gasteiger partial charge is 0.111 e. The van der Waals surface area contributed by atoms with Gasteiger partial charge in [-0.05, 0) is 57.8 Å². The summed E-state index contributed by atoms with van der Waals surface area (Å²) in [5, 5.41) is 5.49. The molecular formula is C12H13Br2N3S. The first-order chi connectivity index (χ1) is 8.63. The molecular weight excluding hydrogens is 378 g/mol. The zero-order valence-electron chi connectivity index (χ0n) is 10.2. The van der Waals surface area contributed by atoms with Gasteiger partial charge < -0.3 is 0 Å². The Morgan fingerprint density at radius 2 is 2.17 bits per heavy atom. The van der Waals surface area contributed by atoms with Crippen molar-refractivity contribution < 1.29 is 0 Å². The molecule has 0 fully saturated rings. The van der Waals surface area contributed by atoms with E-state index in [9.17, 15) is 0 Å². The minimum absolute atomic E-state index is 0.852. The SMILES string of the molecule is CCn1nc(C)c(Br)c1CSc1ncccc1Br. The average Bonchev–Trinajstić information content (AvgIpc) is 2.65. The number of thioether (sulfide) groups is 1. The Morgan fingerprint density at radius 1 is 1.39 bits per heavy atom. The van der Waals surface area contributed by atoms with Crippen LogP contribution in [0.2, 0.25) is 0 Å². The molecule has 3 nitrogen and oxygen atoms in total. The van der Waals surface area contributed by atoms with Gasteiger partial charge in [0.15, 0.2) is 0 Å². The molecule has 0 saturated carbocycles. The Labute approximate surface area is 128 Å². The Bertz CT molecular complexity index is 554. The van der Waals surface area contributed by atoms with E-state index in [0.717, 1.165) is 32.0 Å². The lowest BCUT2D eigenvalue weighted by Crippen LogP contribution is -2.01. The maximum Gasteiger partial charge on any atom is 0.111 e. The fourth-order valence-corrected chi connectivity index (χ4v) is 3.74. The first-order valence-electron chi connectivity index (χ1n) is 5.58. The highest BCUT2D eigenvalue weighted by molar-refractivity contribution is 9.10. The molecule has 0 spiro atoms. The summed E-state index contributed by atoms with van der Waals surface area (Å²) in [6.07, 6.45) is 1.81. The van der Waals surface area contributed by atoms with Crippen molar-refractivity contribution in [3.8, 4) is 0 Å². The molecule has 0 N–H and O–H groups in total. The van der Waals surface area contributed by atoms with Crippen LogP contribution >= 0.6 is 43.6 Å². The number of hydrogen-bond acceptors (Lipinski definition) is 3. The quantitative estimate of drug-likeness (QED) is 0.723. The van der Waals surface area contributed by atoms with E-state index >= 15 is 0 Å². The standard InChI is InChI=1S/C12H13Br2N3S/c1-3-17-10(11(14)8(2)16-17)7-18-12-9(13)5-4-6-15-12/h4-6H,3,7H2,1-2H3. The lowest BCUT2D eigenvalue weighted by Gasteiger charge is -2.06. The fourth-order valence-electron chi connectivity index (χ4n) is 1.62. The molecule has 0 amide bonds. The van der Waals surface area contributed by atoms with E-state index in [1.165, 1.54) is 5.69 Å². The molecule has 6 heteroatoms. The lowest BCUT2D eigenvalue weighted by molar-refractivity contribution is 0.631. The molecule has 0 aromatic carbocycles. The molecule has 0 atom stereocenters. The van der Waals surface area contributed by atoms with Crippen LogP contribution in [-0.4, -0.2) is 14.8 Å². The Morgan fingerprint density at radius 3 is 2.83 bits per heavy atom. The second kappa shape index (κ2) is 6.21. The molecule has 0 radical (unpaired) electrons. The van der Waals surface area contributed by atoms with Crippen LogP contribution in [0.5, 0.6) is 0 Å². The van der Waals surface area contributed by atoms with Gasteiger partial charge in [0.2, 0.25) is 0 Å². The molecule has 0 aliphatic rings. The molecule has 18 heavy (non-hydrogen) atoms. The predicted molar refractivity (Wildman–Crippen MR) is 81.8 cm³/mol. The van der Waals surface area contributed by atoms with Crippen LogP contribution in [0.3, 0.4) is 0 Å². The summed E-state index contributed by atoms with van der Waals surface area (Å²) in [5.74, 6) is 0.852. The van der Waals surface area contributed by atoms with Crippen molar-refractivity contribution >= 4 is 43.6 Å². The molecule has 0 saturated heterocycles. The highest BCUT2D eigenvalue weighted by Crippen LogP contribution is 2.31. The maximum atomic E-state index is 4.49. The Hall–Kier alpha value is -0.330. The first-order valence-corrected chi connectivity index (χ1v) is 8.15. The monoisotopic (exact) mass is 389 g/mol. The first kappa shape index (κ1) is 14.1. The van der Waals surface area contributed by atoms with E-state index < -0.39 is 0 Å². The third-order valence-corrected chi connectivity index (χ3v) is 5.47. The Kier molecular flexibility index (Phi) is 4.86. The number of rotatable bonds is 4. The summed E-state index contributed by atoms with van der Waals surface area (Å²) in [6.45, 7) is 5.00. The maximum absolute atomic E-state index is 4.49. The van der Waals surface area contributed by atoms with E-state index in [-0.39, 0.29) is 0 Å². The number of hydrogen-bond donors (Lipinski definition) is 0. The topological polar surface area (TPSA) is 30.7 Å². The molecule has 2 rings (SSSR count). The van der Waals surface area contributed by atoms with Gasteiger partial charge in [0, 0.05) is 23.0 Å². The average molecular weight is 391 g/mol. The van der Waals surface area contributed by atoms with Gasteiger partial charge >= 0.3 is 0 Å². The molecule has 2 aromatic rings. The second-order valence-electron chi connectivity index (χ2n) is 3.74. The largest absolute Gasteiger partial charge is 0.268 e. The lowest BCUT2D eigenvalue weighted by atomic mass is 10.4. The van der Waals surface area contributed by atoms with Gasteiger partial charge in [0.05, 0.1) is 15.9 Å². The number of halogens is 2. The number of aryl methyl sites for hydroxylation is 2. The van der Waals surface area contributed by atoms with Gasteiger partial charge in [-0.3, -0.25) is 4.68 Å². The van der Waals surface area contributed by atoms with E-state index in [2.05, 4.69) is 48.9 Å². The third kappa shape index (κ3) is 2.97. The van der Waals surface area contributed by atoms with Gasteiger partial charge in [-0.25, -0.2) is 4.98 Å². The summed E-state index contributed by atoms with van der Waals surface area (Å²) in [4.78, 5) is 4.36. The summed E-state index contributed by atoms with van der Waals surface area (Å²) in [7, 11) is 0. The van der Waals surface area contributed by atoms with Gasteiger partial charge in [0.1, 0.15) is 5.03 Å². The van der Waals surface area contributed by atoms with E-state index in [4.69, 9.17) is 0 Å². The van der Waals surface area contributed by atoms with Crippen LogP contribution in [0.15, 0.2) is 32.3 Å². The van der Waals surface area contributed by atoms with E-state index in [1.54, 1.807) is 11.8 Å². The molecule has 2 heterocycles. The van der Waals surface area contributed by atoms with Gasteiger partial charge in [-0.15, -0.1) is 0 Å². The summed E-state index contributed by atoms with van der Waals surface area (Å²) in [5.41, 5.74) is 2.24. The van der Waals surface area contributed by atoms with Crippen LogP contribution in [-0.2, 0) is 12.3 Å². The van der Waals surface area contributed by atoms with E-state index in [0.29, 0.717) is 0 Å². The predicted octanol–water partition coefficient (Wildman–Crippen LogP) is 4.42. The molecule has 96 valence electrons. The summed E-state index contributed by atoms with van der Waals surface area (Å²) < 4.78 is 4.16. The van der Waals surface area contributed by atoms with Crippen molar-refractivity contribution in [1.82, 2.24) is 14.8 Å². The van der Waals surface area contributed by atoms with Crippen molar-refractivity contribution in [2.45, 2.75) is 31.2 Å².